The zero-order chi connectivity index (χ0) is 13.7. The van der Waals surface area contributed by atoms with Crippen molar-refractivity contribution in [3.05, 3.63) is 59.2 Å². The third-order valence-electron chi connectivity index (χ3n) is 2.82. The van der Waals surface area contributed by atoms with Gasteiger partial charge in [-0.2, -0.15) is 0 Å². The first kappa shape index (κ1) is 13.1. The first-order chi connectivity index (χ1) is 9.24. The van der Waals surface area contributed by atoms with Gasteiger partial charge >= 0.3 is 0 Å². The van der Waals surface area contributed by atoms with Gasteiger partial charge in [0.25, 0.3) is 0 Å². The molecular formula is C16H16O3. The van der Waals surface area contributed by atoms with Crippen molar-refractivity contribution < 1.29 is 14.3 Å². The predicted molar refractivity (Wildman–Crippen MR) is 73.9 cm³/mol. The Kier molecular flexibility index (Phi) is 4.18. The topological polar surface area (TPSA) is 35.5 Å². The highest BCUT2D eigenvalue weighted by Crippen LogP contribution is 2.30. The molecular weight excluding hydrogens is 240 g/mol. The van der Waals surface area contributed by atoms with Crippen molar-refractivity contribution in [3.63, 3.8) is 0 Å². The Morgan fingerprint density at radius 3 is 2.63 bits per heavy atom. The van der Waals surface area contributed by atoms with Gasteiger partial charge in [-0.05, 0) is 24.6 Å². The van der Waals surface area contributed by atoms with E-state index in [1.54, 1.807) is 25.3 Å². The Morgan fingerprint density at radius 1 is 1.16 bits per heavy atom. The van der Waals surface area contributed by atoms with Gasteiger partial charge in [0.1, 0.15) is 6.61 Å². The first-order valence-corrected chi connectivity index (χ1v) is 6.05. The Bertz CT molecular complexity index is 576. The lowest BCUT2D eigenvalue weighted by Gasteiger charge is -2.12. The van der Waals surface area contributed by atoms with Crippen LogP contribution in [0.15, 0.2) is 42.5 Å². The van der Waals surface area contributed by atoms with Crippen molar-refractivity contribution in [1.82, 2.24) is 0 Å². The van der Waals surface area contributed by atoms with Crippen LogP contribution in [0.4, 0.5) is 0 Å². The molecule has 3 heteroatoms. The van der Waals surface area contributed by atoms with Crippen LogP contribution < -0.4 is 9.47 Å². The van der Waals surface area contributed by atoms with Gasteiger partial charge in [-0.25, -0.2) is 0 Å². The van der Waals surface area contributed by atoms with Crippen molar-refractivity contribution in [3.8, 4) is 11.5 Å². The highest BCUT2D eigenvalue weighted by molar-refractivity contribution is 5.81. The number of rotatable bonds is 5. The van der Waals surface area contributed by atoms with E-state index < -0.39 is 0 Å². The molecule has 0 saturated carbocycles. The van der Waals surface area contributed by atoms with E-state index in [2.05, 4.69) is 6.07 Å². The lowest BCUT2D eigenvalue weighted by molar-refractivity contribution is 0.111. The van der Waals surface area contributed by atoms with E-state index in [0.717, 1.165) is 11.8 Å². The molecule has 0 radical (unpaired) electrons. The summed E-state index contributed by atoms with van der Waals surface area (Å²) in [6.07, 6.45) is 0.772. The molecule has 19 heavy (non-hydrogen) atoms. The summed E-state index contributed by atoms with van der Waals surface area (Å²) in [6, 6.07) is 13.3. The highest BCUT2D eigenvalue weighted by atomic mass is 16.5. The molecule has 2 rings (SSSR count). The maximum absolute atomic E-state index is 11.0. The van der Waals surface area contributed by atoms with Crippen LogP contribution in [-0.2, 0) is 6.61 Å². The smallest absolute Gasteiger partial charge is 0.172 e. The van der Waals surface area contributed by atoms with E-state index in [0.29, 0.717) is 23.7 Å². The SMILES string of the molecule is COc1cccc(C=O)c1OCc1cccc(C)c1. The van der Waals surface area contributed by atoms with Gasteiger partial charge in [-0.1, -0.05) is 35.9 Å². The second-order valence-corrected chi connectivity index (χ2v) is 4.27. The summed E-state index contributed by atoms with van der Waals surface area (Å²) in [5.74, 6) is 1.05. The maximum Gasteiger partial charge on any atom is 0.172 e. The van der Waals surface area contributed by atoms with Crippen molar-refractivity contribution >= 4 is 6.29 Å². The molecule has 2 aromatic carbocycles. The van der Waals surface area contributed by atoms with Crippen LogP contribution in [0.5, 0.6) is 11.5 Å². The van der Waals surface area contributed by atoms with Gasteiger partial charge in [0, 0.05) is 0 Å². The predicted octanol–water partition coefficient (Wildman–Crippen LogP) is 3.40. The molecule has 0 saturated heterocycles. The summed E-state index contributed by atoms with van der Waals surface area (Å²) in [4.78, 5) is 11.0. The number of hydrogen-bond acceptors (Lipinski definition) is 3. The normalized spacial score (nSPS) is 10.0. The average molecular weight is 256 g/mol. The molecule has 0 N–H and O–H groups in total. The number of methoxy groups -OCH3 is 1. The lowest BCUT2D eigenvalue weighted by atomic mass is 10.1. The number of aldehydes is 1. The summed E-state index contributed by atoms with van der Waals surface area (Å²) in [5.41, 5.74) is 2.73. The van der Waals surface area contributed by atoms with Gasteiger partial charge < -0.3 is 9.47 Å². The van der Waals surface area contributed by atoms with Gasteiger partial charge in [-0.15, -0.1) is 0 Å². The lowest BCUT2D eigenvalue weighted by Crippen LogP contribution is -2.00. The standard InChI is InChI=1S/C16H16O3/c1-12-5-3-6-13(9-12)11-19-16-14(10-17)7-4-8-15(16)18-2/h3-10H,11H2,1-2H3. The van der Waals surface area contributed by atoms with E-state index in [9.17, 15) is 4.79 Å². The second kappa shape index (κ2) is 6.05. The van der Waals surface area contributed by atoms with Crippen LogP contribution in [0.25, 0.3) is 0 Å². The molecule has 0 aliphatic rings. The number of para-hydroxylation sites is 1. The molecule has 0 heterocycles. The van der Waals surface area contributed by atoms with Gasteiger partial charge in [0.2, 0.25) is 0 Å². The molecule has 0 atom stereocenters. The number of carbonyl (C=O) groups excluding carboxylic acids is 1. The summed E-state index contributed by atoms with van der Waals surface area (Å²) in [5, 5.41) is 0. The zero-order valence-electron chi connectivity index (χ0n) is 11.1. The Balaban J connectivity index is 2.21. The van der Waals surface area contributed by atoms with Crippen molar-refractivity contribution in [2.75, 3.05) is 7.11 Å². The second-order valence-electron chi connectivity index (χ2n) is 4.27. The van der Waals surface area contributed by atoms with E-state index in [4.69, 9.17) is 9.47 Å². The summed E-state index contributed by atoms with van der Waals surface area (Å²) < 4.78 is 11.0. The maximum atomic E-state index is 11.0. The minimum absolute atomic E-state index is 0.406. The quantitative estimate of drug-likeness (QED) is 0.769. The number of hydrogen-bond donors (Lipinski definition) is 0. The molecule has 0 spiro atoms. The molecule has 0 bridgehead atoms. The van der Waals surface area contributed by atoms with Gasteiger partial charge in [-0.3, -0.25) is 4.79 Å². The molecule has 98 valence electrons. The largest absolute Gasteiger partial charge is 0.493 e. The third kappa shape index (κ3) is 3.13. The summed E-state index contributed by atoms with van der Waals surface area (Å²) >= 11 is 0. The molecule has 0 amide bonds. The Hall–Kier alpha value is -2.29. The van der Waals surface area contributed by atoms with E-state index in [1.807, 2.05) is 25.1 Å². The average Bonchev–Trinajstić information content (AvgIpc) is 2.44. The van der Waals surface area contributed by atoms with Crippen LogP contribution in [0, 0.1) is 6.92 Å². The fraction of sp³-hybridized carbons (Fsp3) is 0.188. The van der Waals surface area contributed by atoms with E-state index in [1.165, 1.54) is 5.56 Å². The molecule has 0 fully saturated rings. The first-order valence-electron chi connectivity index (χ1n) is 6.05. The summed E-state index contributed by atoms with van der Waals surface area (Å²) in [6.45, 7) is 2.44. The van der Waals surface area contributed by atoms with Crippen LogP contribution >= 0.6 is 0 Å². The van der Waals surface area contributed by atoms with Gasteiger partial charge in [0.15, 0.2) is 17.8 Å². The minimum atomic E-state index is 0.406. The van der Waals surface area contributed by atoms with Crippen LogP contribution in [-0.4, -0.2) is 13.4 Å². The molecule has 0 unspecified atom stereocenters. The number of aryl methyl sites for hydroxylation is 1. The highest BCUT2D eigenvalue weighted by Gasteiger charge is 2.10. The van der Waals surface area contributed by atoms with Crippen LogP contribution in [0.2, 0.25) is 0 Å². The summed E-state index contributed by atoms with van der Waals surface area (Å²) in [7, 11) is 1.56. The Morgan fingerprint density at radius 2 is 1.95 bits per heavy atom. The van der Waals surface area contributed by atoms with Crippen molar-refractivity contribution in [2.24, 2.45) is 0 Å². The number of benzene rings is 2. The molecule has 2 aromatic rings. The number of carbonyl (C=O) groups is 1. The zero-order valence-corrected chi connectivity index (χ0v) is 11.1. The Labute approximate surface area is 112 Å². The minimum Gasteiger partial charge on any atom is -0.493 e. The fourth-order valence-electron chi connectivity index (χ4n) is 1.90. The van der Waals surface area contributed by atoms with Gasteiger partial charge in [0.05, 0.1) is 12.7 Å². The molecule has 3 nitrogen and oxygen atoms in total. The molecule has 0 aromatic heterocycles. The third-order valence-corrected chi connectivity index (χ3v) is 2.82. The van der Waals surface area contributed by atoms with Crippen molar-refractivity contribution in [1.29, 1.82) is 0 Å². The fourth-order valence-corrected chi connectivity index (χ4v) is 1.90. The van der Waals surface area contributed by atoms with Crippen LogP contribution in [0.1, 0.15) is 21.5 Å². The van der Waals surface area contributed by atoms with Crippen LogP contribution in [0.3, 0.4) is 0 Å². The van der Waals surface area contributed by atoms with Crippen molar-refractivity contribution in [2.45, 2.75) is 13.5 Å². The molecule has 0 aliphatic heterocycles. The van der Waals surface area contributed by atoms with E-state index in [-0.39, 0.29) is 0 Å². The molecule has 0 aliphatic carbocycles. The monoisotopic (exact) mass is 256 g/mol. The van der Waals surface area contributed by atoms with E-state index >= 15 is 0 Å². The number of ether oxygens (including phenoxy) is 2.